The smallest absolute Gasteiger partial charge is 0.410 e. The van der Waals surface area contributed by atoms with E-state index in [4.69, 9.17) is 4.74 Å². The van der Waals surface area contributed by atoms with Gasteiger partial charge >= 0.3 is 6.09 Å². The highest BCUT2D eigenvalue weighted by Crippen LogP contribution is 2.69. The fourth-order valence-corrected chi connectivity index (χ4v) is 10.2. The van der Waals surface area contributed by atoms with Gasteiger partial charge in [0.1, 0.15) is 6.10 Å². The molecule has 1 aliphatic heterocycles. The van der Waals surface area contributed by atoms with Crippen LogP contribution in [0.15, 0.2) is 0 Å². The fourth-order valence-electron chi connectivity index (χ4n) is 10.2. The zero-order valence-electron chi connectivity index (χ0n) is 22.4. The number of carbonyl (C=O) groups excluding carboxylic acids is 1. The minimum atomic E-state index is -0.225. The van der Waals surface area contributed by atoms with Crippen LogP contribution in [0.3, 0.4) is 0 Å². The minimum Gasteiger partial charge on any atom is -0.446 e. The standard InChI is InChI=1S/C29H50N2O3/c1-19-11-16-31(17-12-19)26(33)34-22-8-13-27(3)21(18-22)6-7-25-24(27)9-14-28(4)23(20(2)32)10-15-29(25,28)30-5/h19-25,30,32H,6-18H2,1-5H3/t20?,21?,22-,23+,24?,25?,27-,28+,29-/m0/s1. The van der Waals surface area contributed by atoms with Crippen molar-refractivity contribution < 1.29 is 14.6 Å². The average molecular weight is 475 g/mol. The Morgan fingerprint density at radius 2 is 1.74 bits per heavy atom. The lowest BCUT2D eigenvalue weighted by molar-refractivity contribution is -0.150. The Labute approximate surface area is 207 Å². The summed E-state index contributed by atoms with van der Waals surface area (Å²) in [6, 6.07) is 0. The van der Waals surface area contributed by atoms with E-state index in [9.17, 15) is 9.90 Å². The van der Waals surface area contributed by atoms with E-state index in [1.165, 1.54) is 38.5 Å². The second-order valence-corrected chi connectivity index (χ2v) is 13.5. The van der Waals surface area contributed by atoms with Crippen LogP contribution in [-0.4, -0.2) is 54.0 Å². The number of aliphatic hydroxyl groups is 1. The van der Waals surface area contributed by atoms with Gasteiger partial charge in [-0.1, -0.05) is 20.8 Å². The number of aliphatic hydroxyl groups excluding tert-OH is 1. The first-order valence-corrected chi connectivity index (χ1v) is 14.5. The summed E-state index contributed by atoms with van der Waals surface area (Å²) in [6.45, 7) is 11.1. The van der Waals surface area contributed by atoms with Crippen molar-refractivity contribution in [1.82, 2.24) is 10.2 Å². The van der Waals surface area contributed by atoms with E-state index in [1.807, 2.05) is 11.8 Å². The molecule has 1 amide bonds. The third-order valence-electron chi connectivity index (χ3n) is 12.3. The van der Waals surface area contributed by atoms with Gasteiger partial charge in [0, 0.05) is 18.6 Å². The zero-order valence-corrected chi connectivity index (χ0v) is 22.4. The summed E-state index contributed by atoms with van der Waals surface area (Å²) < 4.78 is 6.11. The molecule has 5 nitrogen and oxygen atoms in total. The van der Waals surface area contributed by atoms with Crippen molar-refractivity contribution >= 4 is 6.09 Å². The lowest BCUT2D eigenvalue weighted by Crippen LogP contribution is -2.67. The third kappa shape index (κ3) is 3.66. The van der Waals surface area contributed by atoms with Crippen molar-refractivity contribution in [3.63, 3.8) is 0 Å². The summed E-state index contributed by atoms with van der Waals surface area (Å²) in [7, 11) is 2.19. The predicted molar refractivity (Wildman–Crippen MR) is 135 cm³/mol. The molecule has 2 N–H and O–H groups in total. The Morgan fingerprint density at radius 3 is 2.41 bits per heavy atom. The first-order chi connectivity index (χ1) is 16.1. The zero-order chi connectivity index (χ0) is 24.3. The van der Waals surface area contributed by atoms with Gasteiger partial charge in [-0.3, -0.25) is 0 Å². The molecule has 0 aromatic heterocycles. The van der Waals surface area contributed by atoms with Crippen molar-refractivity contribution in [2.24, 2.45) is 40.4 Å². The summed E-state index contributed by atoms with van der Waals surface area (Å²) in [5, 5.41) is 14.5. The molecule has 0 aromatic rings. The molecule has 0 spiro atoms. The molecule has 0 bridgehead atoms. The average Bonchev–Trinajstić information content (AvgIpc) is 3.13. The third-order valence-corrected chi connectivity index (χ3v) is 12.3. The van der Waals surface area contributed by atoms with Gasteiger partial charge in [-0.2, -0.15) is 0 Å². The highest BCUT2D eigenvalue weighted by Gasteiger charge is 2.67. The summed E-state index contributed by atoms with van der Waals surface area (Å²) >= 11 is 0. The molecule has 1 saturated heterocycles. The maximum Gasteiger partial charge on any atom is 0.410 e. The van der Waals surface area contributed by atoms with Crippen molar-refractivity contribution in [3.05, 3.63) is 0 Å². The molecular weight excluding hydrogens is 424 g/mol. The van der Waals surface area contributed by atoms with Crippen molar-refractivity contribution in [2.75, 3.05) is 20.1 Å². The number of hydrogen-bond acceptors (Lipinski definition) is 4. The van der Waals surface area contributed by atoms with Crippen LogP contribution in [0, 0.1) is 40.4 Å². The highest BCUT2D eigenvalue weighted by molar-refractivity contribution is 5.68. The molecule has 5 fully saturated rings. The van der Waals surface area contributed by atoms with Gasteiger partial charge in [0.25, 0.3) is 0 Å². The lowest BCUT2D eigenvalue weighted by atomic mass is 9.42. The minimum absolute atomic E-state index is 0.0631. The van der Waals surface area contributed by atoms with Crippen molar-refractivity contribution in [3.8, 4) is 0 Å². The Hall–Kier alpha value is -0.810. The SMILES string of the molecule is CN[C@]12CC[C@H](C(C)O)[C@@]1(C)CCC1C2CCC2C[C@@H](OC(=O)N3CCC(C)CC3)CC[C@@]21C. The Balaban J connectivity index is 1.28. The topological polar surface area (TPSA) is 61.8 Å². The van der Waals surface area contributed by atoms with E-state index in [1.54, 1.807) is 0 Å². The van der Waals surface area contributed by atoms with Crippen LogP contribution in [-0.2, 0) is 4.74 Å². The first kappa shape index (κ1) is 24.9. The molecule has 4 saturated carbocycles. The van der Waals surface area contributed by atoms with E-state index >= 15 is 0 Å². The molecule has 5 aliphatic rings. The van der Waals surface area contributed by atoms with Gasteiger partial charge in [0.05, 0.1) is 6.10 Å². The highest BCUT2D eigenvalue weighted by atomic mass is 16.6. The largest absolute Gasteiger partial charge is 0.446 e. The molecule has 4 unspecified atom stereocenters. The van der Waals surface area contributed by atoms with Crippen molar-refractivity contribution in [1.29, 1.82) is 0 Å². The maximum absolute atomic E-state index is 12.8. The Kier molecular flexibility index (Phi) is 6.54. The van der Waals surface area contributed by atoms with Crippen LogP contribution in [0.25, 0.3) is 0 Å². The molecular formula is C29H50N2O3. The number of hydrogen-bond donors (Lipinski definition) is 2. The summed E-state index contributed by atoms with van der Waals surface area (Å²) in [5.74, 6) is 3.22. The number of piperidine rings is 1. The van der Waals surface area contributed by atoms with Crippen LogP contribution in [0.4, 0.5) is 4.79 Å². The van der Waals surface area contributed by atoms with Gasteiger partial charge in [0.2, 0.25) is 0 Å². The molecule has 1 heterocycles. The van der Waals surface area contributed by atoms with Crippen LogP contribution in [0.2, 0.25) is 0 Å². The van der Waals surface area contributed by atoms with E-state index in [0.717, 1.165) is 57.0 Å². The monoisotopic (exact) mass is 474 g/mol. The molecule has 4 aliphatic carbocycles. The lowest BCUT2D eigenvalue weighted by Gasteiger charge is -2.65. The fraction of sp³-hybridized carbons (Fsp3) is 0.966. The second-order valence-electron chi connectivity index (χ2n) is 13.5. The number of amides is 1. The number of nitrogens with one attached hydrogen (secondary N) is 1. The number of likely N-dealkylation sites (tertiary alicyclic amines) is 1. The quantitative estimate of drug-likeness (QED) is 0.558. The second kappa shape index (κ2) is 8.94. The van der Waals surface area contributed by atoms with Gasteiger partial charge in [-0.25, -0.2) is 4.79 Å². The summed E-state index contributed by atoms with van der Waals surface area (Å²) in [5.41, 5.74) is 0.680. The number of nitrogens with zero attached hydrogens (tertiary/aromatic N) is 1. The number of rotatable bonds is 3. The molecule has 0 aromatic carbocycles. The molecule has 9 atom stereocenters. The van der Waals surface area contributed by atoms with Gasteiger partial charge in [-0.15, -0.1) is 0 Å². The number of carbonyl (C=O) groups is 1. The van der Waals surface area contributed by atoms with Crippen molar-refractivity contribution in [2.45, 2.75) is 116 Å². The number of ether oxygens (including phenoxy) is 1. The molecule has 5 heteroatoms. The summed E-state index contributed by atoms with van der Waals surface area (Å²) in [6.07, 6.45) is 12.7. The van der Waals surface area contributed by atoms with E-state index < -0.39 is 0 Å². The Bertz CT molecular complexity index is 764. The van der Waals surface area contributed by atoms with Gasteiger partial charge in [0.15, 0.2) is 0 Å². The molecule has 34 heavy (non-hydrogen) atoms. The maximum atomic E-state index is 12.8. The van der Waals surface area contributed by atoms with E-state index in [-0.39, 0.29) is 29.3 Å². The van der Waals surface area contributed by atoms with Crippen LogP contribution in [0.1, 0.15) is 98.3 Å². The van der Waals surface area contributed by atoms with Crippen LogP contribution >= 0.6 is 0 Å². The Morgan fingerprint density at radius 1 is 1.00 bits per heavy atom. The molecule has 194 valence electrons. The predicted octanol–water partition coefficient (Wildman–Crippen LogP) is 5.61. The molecule has 0 radical (unpaired) electrons. The summed E-state index contributed by atoms with van der Waals surface area (Å²) in [4.78, 5) is 14.8. The first-order valence-electron chi connectivity index (χ1n) is 14.5. The van der Waals surface area contributed by atoms with Gasteiger partial charge in [-0.05, 0) is 125 Å². The van der Waals surface area contributed by atoms with Crippen LogP contribution in [0.5, 0.6) is 0 Å². The molecule has 5 rings (SSSR count). The van der Waals surface area contributed by atoms with E-state index in [2.05, 4.69) is 33.1 Å². The van der Waals surface area contributed by atoms with Gasteiger partial charge < -0.3 is 20.1 Å². The van der Waals surface area contributed by atoms with Crippen LogP contribution < -0.4 is 5.32 Å². The van der Waals surface area contributed by atoms with E-state index in [0.29, 0.717) is 23.2 Å². The number of fused-ring (bicyclic) bond motifs is 5. The normalized spacial score (nSPS) is 47.9.